The number of rotatable bonds is 4. The molecule has 6 heteroatoms. The maximum Gasteiger partial charge on any atom is 0.259 e. The number of pyridine rings is 1. The molecule has 0 unspecified atom stereocenters. The summed E-state index contributed by atoms with van der Waals surface area (Å²) in [5.74, 6) is -1.14. The van der Waals surface area contributed by atoms with Crippen LogP contribution < -0.4 is 11.1 Å². The minimum atomic E-state index is -0.470. The monoisotopic (exact) mass is 401 g/mol. The predicted octanol–water partition coefficient (Wildman–Crippen LogP) is 4.76. The number of nitrogens with zero attached hydrogens (tertiary/aromatic N) is 1. The van der Waals surface area contributed by atoms with E-state index in [0.29, 0.717) is 16.8 Å². The predicted molar refractivity (Wildman–Crippen MR) is 116 cm³/mol. The molecule has 0 saturated carbocycles. The van der Waals surface area contributed by atoms with Gasteiger partial charge in [0.25, 0.3) is 5.91 Å². The zero-order chi connectivity index (χ0) is 21.4. The molecule has 0 atom stereocenters. The Hall–Kier alpha value is -3.93. The lowest BCUT2D eigenvalue weighted by atomic mass is 10.0. The van der Waals surface area contributed by atoms with Gasteiger partial charge in [0.1, 0.15) is 11.5 Å². The Kier molecular flexibility index (Phi) is 4.83. The minimum absolute atomic E-state index is 0.101. The SMILES string of the molecule is Cc1ccc(C(=O)c2c(N)c(C(=O)Nc3ccc(F)cc3)c3ccccn23)cc1C. The molecule has 2 aromatic heterocycles. The molecule has 0 radical (unpaired) electrons. The fraction of sp³-hybridized carbons (Fsp3) is 0.0833. The highest BCUT2D eigenvalue weighted by Gasteiger charge is 2.26. The average molecular weight is 401 g/mol. The van der Waals surface area contributed by atoms with E-state index in [1.54, 1.807) is 34.9 Å². The summed E-state index contributed by atoms with van der Waals surface area (Å²) in [6.45, 7) is 3.91. The van der Waals surface area contributed by atoms with Gasteiger partial charge in [0, 0.05) is 17.4 Å². The molecule has 4 rings (SSSR count). The second-order valence-electron chi connectivity index (χ2n) is 7.18. The molecule has 30 heavy (non-hydrogen) atoms. The van der Waals surface area contributed by atoms with Crippen LogP contribution in [0.5, 0.6) is 0 Å². The number of hydrogen-bond acceptors (Lipinski definition) is 3. The summed E-state index contributed by atoms with van der Waals surface area (Å²) in [4.78, 5) is 26.3. The molecule has 0 aliphatic carbocycles. The number of hydrogen-bond donors (Lipinski definition) is 2. The molecule has 0 fully saturated rings. The van der Waals surface area contributed by atoms with E-state index in [0.717, 1.165) is 11.1 Å². The number of fused-ring (bicyclic) bond motifs is 1. The van der Waals surface area contributed by atoms with Crippen molar-refractivity contribution in [2.45, 2.75) is 13.8 Å². The number of aryl methyl sites for hydroxylation is 2. The van der Waals surface area contributed by atoms with E-state index < -0.39 is 11.7 Å². The van der Waals surface area contributed by atoms with Crippen LogP contribution in [0.15, 0.2) is 66.9 Å². The lowest BCUT2D eigenvalue weighted by Crippen LogP contribution is -2.14. The zero-order valence-corrected chi connectivity index (χ0v) is 16.6. The van der Waals surface area contributed by atoms with E-state index >= 15 is 0 Å². The number of aromatic nitrogens is 1. The number of nitrogens with one attached hydrogen (secondary N) is 1. The lowest BCUT2D eigenvalue weighted by Gasteiger charge is -2.07. The first-order valence-electron chi connectivity index (χ1n) is 9.44. The van der Waals surface area contributed by atoms with Crippen molar-refractivity contribution in [2.24, 2.45) is 0 Å². The van der Waals surface area contributed by atoms with Crippen molar-refractivity contribution in [3.8, 4) is 0 Å². The smallest absolute Gasteiger partial charge is 0.259 e. The standard InChI is InChI=1S/C24H20FN3O2/c1-14-6-7-16(13-15(14)2)23(29)22-21(26)20(19-5-3-4-12-28(19)22)24(30)27-18-10-8-17(25)9-11-18/h3-13H,26H2,1-2H3,(H,27,30). The number of amides is 1. The normalized spacial score (nSPS) is 10.9. The maximum atomic E-state index is 13.3. The number of anilines is 2. The van der Waals surface area contributed by atoms with Gasteiger partial charge in [-0.15, -0.1) is 0 Å². The summed E-state index contributed by atoms with van der Waals surface area (Å²) < 4.78 is 14.8. The maximum absolute atomic E-state index is 13.3. The number of carbonyl (C=O) groups excluding carboxylic acids is 2. The van der Waals surface area contributed by atoms with Gasteiger partial charge >= 0.3 is 0 Å². The molecule has 0 spiro atoms. The number of ketones is 1. The van der Waals surface area contributed by atoms with Crippen LogP contribution in [-0.2, 0) is 0 Å². The number of halogens is 1. The van der Waals surface area contributed by atoms with Crippen molar-refractivity contribution in [1.29, 1.82) is 0 Å². The molecule has 4 aromatic rings. The van der Waals surface area contributed by atoms with Crippen molar-refractivity contribution < 1.29 is 14.0 Å². The van der Waals surface area contributed by atoms with Crippen LogP contribution in [0, 0.1) is 19.7 Å². The van der Waals surface area contributed by atoms with E-state index in [1.165, 1.54) is 24.3 Å². The molecule has 0 aliphatic heterocycles. The van der Waals surface area contributed by atoms with E-state index in [4.69, 9.17) is 5.73 Å². The Bertz CT molecular complexity index is 1290. The van der Waals surface area contributed by atoms with Gasteiger partial charge in [-0.1, -0.05) is 18.2 Å². The van der Waals surface area contributed by atoms with Crippen LogP contribution in [0.4, 0.5) is 15.8 Å². The fourth-order valence-electron chi connectivity index (χ4n) is 3.44. The second-order valence-corrected chi connectivity index (χ2v) is 7.18. The molecular weight excluding hydrogens is 381 g/mol. The first-order chi connectivity index (χ1) is 14.4. The third-order valence-electron chi connectivity index (χ3n) is 5.19. The molecule has 0 saturated heterocycles. The van der Waals surface area contributed by atoms with Crippen LogP contribution in [0.1, 0.15) is 37.5 Å². The van der Waals surface area contributed by atoms with Gasteiger partial charge < -0.3 is 15.5 Å². The average Bonchev–Trinajstić information content (AvgIpc) is 3.03. The van der Waals surface area contributed by atoms with E-state index in [9.17, 15) is 14.0 Å². The van der Waals surface area contributed by atoms with E-state index in [1.807, 2.05) is 26.0 Å². The Morgan fingerprint density at radius 3 is 2.40 bits per heavy atom. The molecule has 0 aliphatic rings. The number of nitrogen functional groups attached to an aromatic ring is 1. The summed E-state index contributed by atoms with van der Waals surface area (Å²) in [6, 6.07) is 16.2. The van der Waals surface area contributed by atoms with Crippen LogP contribution in [0.2, 0.25) is 0 Å². The highest BCUT2D eigenvalue weighted by atomic mass is 19.1. The molecular formula is C24H20FN3O2. The van der Waals surface area contributed by atoms with E-state index in [-0.39, 0.29) is 22.7 Å². The first kappa shape index (κ1) is 19.4. The third kappa shape index (κ3) is 3.33. The first-order valence-corrected chi connectivity index (χ1v) is 9.44. The number of benzene rings is 2. The van der Waals surface area contributed by atoms with Gasteiger partial charge in [0.15, 0.2) is 0 Å². The Balaban J connectivity index is 1.81. The van der Waals surface area contributed by atoms with Gasteiger partial charge in [0.05, 0.1) is 16.8 Å². The molecule has 2 heterocycles. The summed E-state index contributed by atoms with van der Waals surface area (Å²) in [6.07, 6.45) is 1.70. The van der Waals surface area contributed by atoms with Crippen molar-refractivity contribution in [2.75, 3.05) is 11.1 Å². The second kappa shape index (κ2) is 7.48. The Labute approximate surface area is 173 Å². The molecule has 3 N–H and O–H groups in total. The molecule has 5 nitrogen and oxygen atoms in total. The quantitative estimate of drug-likeness (QED) is 0.484. The highest BCUT2D eigenvalue weighted by molar-refractivity contribution is 6.20. The zero-order valence-electron chi connectivity index (χ0n) is 16.6. The van der Waals surface area contributed by atoms with Crippen molar-refractivity contribution in [1.82, 2.24) is 4.40 Å². The molecule has 0 bridgehead atoms. The molecule has 1 amide bonds. The summed E-state index contributed by atoms with van der Waals surface area (Å²) in [5.41, 5.74) is 10.4. The summed E-state index contributed by atoms with van der Waals surface area (Å²) in [7, 11) is 0. The topological polar surface area (TPSA) is 76.6 Å². The molecule has 150 valence electrons. The largest absolute Gasteiger partial charge is 0.396 e. The van der Waals surface area contributed by atoms with Crippen molar-refractivity contribution in [3.63, 3.8) is 0 Å². The van der Waals surface area contributed by atoms with Gasteiger partial charge in [-0.25, -0.2) is 4.39 Å². The lowest BCUT2D eigenvalue weighted by molar-refractivity contribution is 0.102. The third-order valence-corrected chi connectivity index (χ3v) is 5.19. The fourth-order valence-corrected chi connectivity index (χ4v) is 3.44. The Morgan fingerprint density at radius 2 is 1.70 bits per heavy atom. The minimum Gasteiger partial charge on any atom is -0.396 e. The van der Waals surface area contributed by atoms with Crippen LogP contribution in [0.3, 0.4) is 0 Å². The van der Waals surface area contributed by atoms with Crippen LogP contribution in [-0.4, -0.2) is 16.1 Å². The van der Waals surface area contributed by atoms with Crippen molar-refractivity contribution in [3.05, 3.63) is 101 Å². The summed E-state index contributed by atoms with van der Waals surface area (Å²) in [5, 5.41) is 2.72. The van der Waals surface area contributed by atoms with Gasteiger partial charge in [-0.2, -0.15) is 0 Å². The highest BCUT2D eigenvalue weighted by Crippen LogP contribution is 2.29. The summed E-state index contributed by atoms with van der Waals surface area (Å²) >= 11 is 0. The van der Waals surface area contributed by atoms with E-state index in [2.05, 4.69) is 5.32 Å². The van der Waals surface area contributed by atoms with Gasteiger partial charge in [-0.05, 0) is 67.4 Å². The van der Waals surface area contributed by atoms with Crippen LogP contribution >= 0.6 is 0 Å². The van der Waals surface area contributed by atoms with Gasteiger partial charge in [0.2, 0.25) is 5.78 Å². The molecule has 2 aromatic carbocycles. The van der Waals surface area contributed by atoms with Crippen LogP contribution in [0.25, 0.3) is 5.52 Å². The van der Waals surface area contributed by atoms with Crippen molar-refractivity contribution >= 4 is 28.6 Å². The number of nitrogens with two attached hydrogens (primary N) is 1. The van der Waals surface area contributed by atoms with Gasteiger partial charge in [-0.3, -0.25) is 9.59 Å². The Morgan fingerprint density at radius 1 is 0.967 bits per heavy atom. The number of carbonyl (C=O) groups is 2.